The number of ether oxygens (including phenoxy) is 2. The average Bonchev–Trinajstić information content (AvgIpc) is 2.89. The lowest BCUT2D eigenvalue weighted by molar-refractivity contribution is -0.145. The maximum Gasteiger partial charge on any atom is 0.408 e. The van der Waals surface area contributed by atoms with E-state index < -0.39 is 23.2 Å². The van der Waals surface area contributed by atoms with Gasteiger partial charge in [-0.05, 0) is 39.2 Å². The number of amides is 1. The third kappa shape index (κ3) is 4.96. The van der Waals surface area contributed by atoms with E-state index in [0.29, 0.717) is 19.4 Å². The number of carbonyl (C=O) groups is 2. The van der Waals surface area contributed by atoms with Gasteiger partial charge in [-0.15, -0.1) is 0 Å². The number of carboxylic acids is 1. The predicted molar refractivity (Wildman–Crippen MR) is 88.6 cm³/mol. The number of benzene rings is 1. The van der Waals surface area contributed by atoms with Gasteiger partial charge in [0.15, 0.2) is 0 Å². The molecule has 6 heteroatoms. The van der Waals surface area contributed by atoms with Crippen LogP contribution in [-0.2, 0) is 20.9 Å². The summed E-state index contributed by atoms with van der Waals surface area (Å²) in [6.45, 7) is 5.63. The SMILES string of the molecule is CC(C)(C)OC(=O)N[C@]1(C(=O)O)CC[C@H](OCc2ccccc2)C1. The van der Waals surface area contributed by atoms with Crippen LogP contribution >= 0.6 is 0 Å². The van der Waals surface area contributed by atoms with E-state index in [-0.39, 0.29) is 12.5 Å². The maximum atomic E-state index is 12.0. The van der Waals surface area contributed by atoms with Crippen molar-refractivity contribution in [3.63, 3.8) is 0 Å². The average molecular weight is 335 g/mol. The zero-order chi connectivity index (χ0) is 17.8. The molecule has 2 N–H and O–H groups in total. The van der Waals surface area contributed by atoms with E-state index in [1.807, 2.05) is 30.3 Å². The molecule has 6 nitrogen and oxygen atoms in total. The van der Waals surface area contributed by atoms with Gasteiger partial charge in [0.2, 0.25) is 0 Å². The standard InChI is InChI=1S/C18H25NO5/c1-17(2,3)24-16(22)19-18(15(20)21)10-9-14(11-18)23-12-13-7-5-4-6-8-13/h4-8,14H,9-12H2,1-3H3,(H,19,22)(H,20,21)/t14-,18+/m0/s1. The minimum atomic E-state index is -1.33. The van der Waals surface area contributed by atoms with Crippen molar-refractivity contribution in [1.29, 1.82) is 0 Å². The Kier molecular flexibility index (Phi) is 5.49. The number of hydrogen-bond donors (Lipinski definition) is 2. The lowest BCUT2D eigenvalue weighted by Gasteiger charge is -2.28. The number of aliphatic carboxylic acids is 1. The summed E-state index contributed by atoms with van der Waals surface area (Å²) in [6, 6.07) is 9.70. The van der Waals surface area contributed by atoms with Gasteiger partial charge < -0.3 is 19.9 Å². The molecule has 1 saturated carbocycles. The highest BCUT2D eigenvalue weighted by Crippen LogP contribution is 2.33. The van der Waals surface area contributed by atoms with Crippen LogP contribution in [0, 0.1) is 0 Å². The van der Waals surface area contributed by atoms with Gasteiger partial charge in [0.1, 0.15) is 11.1 Å². The monoisotopic (exact) mass is 335 g/mol. The minimum absolute atomic E-state index is 0.212. The van der Waals surface area contributed by atoms with Gasteiger partial charge in [0.25, 0.3) is 0 Å². The van der Waals surface area contributed by atoms with Crippen molar-refractivity contribution in [2.45, 2.75) is 63.9 Å². The Bertz CT molecular complexity index is 581. The molecule has 1 aliphatic rings. The summed E-state index contributed by atoms with van der Waals surface area (Å²) in [4.78, 5) is 23.7. The molecule has 0 aliphatic heterocycles. The molecule has 1 amide bonds. The number of alkyl carbamates (subject to hydrolysis) is 1. The maximum absolute atomic E-state index is 12.0. The van der Waals surface area contributed by atoms with E-state index >= 15 is 0 Å². The minimum Gasteiger partial charge on any atom is -0.480 e. The molecule has 0 heterocycles. The molecule has 132 valence electrons. The van der Waals surface area contributed by atoms with E-state index in [4.69, 9.17) is 9.47 Å². The molecule has 1 fully saturated rings. The van der Waals surface area contributed by atoms with Gasteiger partial charge in [-0.1, -0.05) is 30.3 Å². The Labute approximate surface area is 142 Å². The summed E-state index contributed by atoms with van der Waals surface area (Å²) in [5.74, 6) is -1.06. The molecule has 0 saturated heterocycles. The fraction of sp³-hybridized carbons (Fsp3) is 0.556. The second-order valence-corrected chi connectivity index (χ2v) is 7.18. The molecule has 0 spiro atoms. The highest BCUT2D eigenvalue weighted by Gasteiger charge is 2.48. The molecular formula is C18H25NO5. The van der Waals surface area contributed by atoms with Crippen LogP contribution in [-0.4, -0.2) is 34.4 Å². The fourth-order valence-electron chi connectivity index (χ4n) is 2.79. The van der Waals surface area contributed by atoms with E-state index in [9.17, 15) is 14.7 Å². The topological polar surface area (TPSA) is 84.9 Å². The summed E-state index contributed by atoms with van der Waals surface area (Å²) in [7, 11) is 0. The van der Waals surface area contributed by atoms with Crippen molar-refractivity contribution in [1.82, 2.24) is 5.32 Å². The van der Waals surface area contributed by atoms with Crippen molar-refractivity contribution >= 4 is 12.1 Å². The Hall–Kier alpha value is -2.08. The predicted octanol–water partition coefficient (Wildman–Crippen LogP) is 3.10. The second kappa shape index (κ2) is 7.21. The second-order valence-electron chi connectivity index (χ2n) is 7.18. The van der Waals surface area contributed by atoms with Gasteiger partial charge in [-0.3, -0.25) is 0 Å². The van der Waals surface area contributed by atoms with Crippen LogP contribution in [0.1, 0.15) is 45.6 Å². The first-order chi connectivity index (χ1) is 11.2. The first-order valence-electron chi connectivity index (χ1n) is 8.10. The zero-order valence-electron chi connectivity index (χ0n) is 14.4. The van der Waals surface area contributed by atoms with Crippen molar-refractivity contribution in [2.75, 3.05) is 0 Å². The van der Waals surface area contributed by atoms with E-state index in [1.54, 1.807) is 20.8 Å². The first kappa shape index (κ1) is 18.3. The van der Waals surface area contributed by atoms with Crippen LogP contribution in [0.25, 0.3) is 0 Å². The summed E-state index contributed by atoms with van der Waals surface area (Å²) in [6.07, 6.45) is 0.203. The van der Waals surface area contributed by atoms with Gasteiger partial charge in [0, 0.05) is 6.42 Å². The van der Waals surface area contributed by atoms with Crippen LogP contribution < -0.4 is 5.32 Å². The molecule has 2 rings (SSSR count). The van der Waals surface area contributed by atoms with Crippen molar-refractivity contribution in [2.24, 2.45) is 0 Å². The Morgan fingerprint density at radius 1 is 1.29 bits per heavy atom. The van der Waals surface area contributed by atoms with Crippen LogP contribution in [0.5, 0.6) is 0 Å². The Morgan fingerprint density at radius 2 is 1.96 bits per heavy atom. The number of rotatable bonds is 5. The quantitative estimate of drug-likeness (QED) is 0.863. The molecule has 1 aromatic rings. The van der Waals surface area contributed by atoms with Gasteiger partial charge in [-0.25, -0.2) is 9.59 Å². The summed E-state index contributed by atoms with van der Waals surface area (Å²) in [5, 5.41) is 12.1. The van der Waals surface area contributed by atoms with E-state index in [0.717, 1.165) is 5.56 Å². The number of carbonyl (C=O) groups excluding carboxylic acids is 1. The molecule has 0 radical (unpaired) electrons. The van der Waals surface area contributed by atoms with Crippen molar-refractivity contribution in [3.8, 4) is 0 Å². The van der Waals surface area contributed by atoms with Crippen LogP contribution in [0.3, 0.4) is 0 Å². The lowest BCUT2D eigenvalue weighted by atomic mass is 9.98. The molecule has 0 aromatic heterocycles. The lowest BCUT2D eigenvalue weighted by Crippen LogP contribution is -2.54. The van der Waals surface area contributed by atoms with Crippen LogP contribution in [0.4, 0.5) is 4.79 Å². The molecule has 1 aliphatic carbocycles. The number of carboxylic acid groups (broad SMARTS) is 1. The van der Waals surface area contributed by atoms with E-state index in [2.05, 4.69) is 5.32 Å². The van der Waals surface area contributed by atoms with E-state index in [1.165, 1.54) is 0 Å². The normalized spacial score (nSPS) is 23.7. The summed E-state index contributed by atoms with van der Waals surface area (Å²) < 4.78 is 11.0. The van der Waals surface area contributed by atoms with Crippen LogP contribution in [0.15, 0.2) is 30.3 Å². The smallest absolute Gasteiger partial charge is 0.408 e. The van der Waals surface area contributed by atoms with Gasteiger partial charge in [0.05, 0.1) is 12.7 Å². The highest BCUT2D eigenvalue weighted by atomic mass is 16.6. The third-order valence-corrected chi connectivity index (χ3v) is 3.95. The number of hydrogen-bond acceptors (Lipinski definition) is 4. The molecule has 0 bridgehead atoms. The molecule has 0 unspecified atom stereocenters. The number of nitrogens with one attached hydrogen (secondary N) is 1. The van der Waals surface area contributed by atoms with Crippen molar-refractivity contribution in [3.05, 3.63) is 35.9 Å². The van der Waals surface area contributed by atoms with Crippen molar-refractivity contribution < 1.29 is 24.2 Å². The molecular weight excluding hydrogens is 310 g/mol. The largest absolute Gasteiger partial charge is 0.480 e. The first-order valence-corrected chi connectivity index (χ1v) is 8.10. The molecule has 2 atom stereocenters. The Balaban J connectivity index is 1.94. The highest BCUT2D eigenvalue weighted by molar-refractivity contribution is 5.85. The van der Waals surface area contributed by atoms with Gasteiger partial charge in [-0.2, -0.15) is 0 Å². The fourth-order valence-corrected chi connectivity index (χ4v) is 2.79. The summed E-state index contributed by atoms with van der Waals surface area (Å²) >= 11 is 0. The summed E-state index contributed by atoms with van der Waals surface area (Å²) in [5.41, 5.74) is -0.972. The molecule has 24 heavy (non-hydrogen) atoms. The van der Waals surface area contributed by atoms with Gasteiger partial charge >= 0.3 is 12.1 Å². The Morgan fingerprint density at radius 3 is 2.54 bits per heavy atom. The van der Waals surface area contributed by atoms with Crippen LogP contribution in [0.2, 0.25) is 0 Å². The zero-order valence-corrected chi connectivity index (χ0v) is 14.4. The third-order valence-electron chi connectivity index (χ3n) is 3.95. The molecule has 1 aromatic carbocycles.